The van der Waals surface area contributed by atoms with Crippen LogP contribution in [0.1, 0.15) is 25.7 Å². The molecule has 0 aromatic carbocycles. The van der Waals surface area contributed by atoms with Crippen molar-refractivity contribution in [3.63, 3.8) is 0 Å². The van der Waals surface area contributed by atoms with Crippen molar-refractivity contribution in [2.45, 2.75) is 37.8 Å². The van der Waals surface area contributed by atoms with E-state index < -0.39 is 6.04 Å². The second-order valence-corrected chi connectivity index (χ2v) is 10.4. The smallest absolute Gasteiger partial charge is 0.261 e. The summed E-state index contributed by atoms with van der Waals surface area (Å²) in [5.74, 6) is 0.181. The van der Waals surface area contributed by atoms with Crippen LogP contribution in [0.2, 0.25) is 4.34 Å². The van der Waals surface area contributed by atoms with E-state index in [1.54, 1.807) is 24.1 Å². The zero-order chi connectivity index (χ0) is 24.3. The van der Waals surface area contributed by atoms with Gasteiger partial charge in [-0.2, -0.15) is 0 Å². The van der Waals surface area contributed by atoms with E-state index in [1.807, 2.05) is 4.90 Å². The number of aliphatic hydroxyl groups is 1. The van der Waals surface area contributed by atoms with Gasteiger partial charge >= 0.3 is 0 Å². The third kappa shape index (κ3) is 8.07. The summed E-state index contributed by atoms with van der Waals surface area (Å²) in [6.07, 6.45) is 4.27. The number of hydrogen-bond donors (Lipinski definition) is 2. The van der Waals surface area contributed by atoms with Crippen LogP contribution >= 0.6 is 22.9 Å². The topological polar surface area (TPSA) is 101 Å². The molecule has 2 aliphatic rings. The Balaban J connectivity index is 1.43. The summed E-state index contributed by atoms with van der Waals surface area (Å²) in [5, 5.41) is 12.8. The van der Waals surface area contributed by atoms with Crippen LogP contribution < -0.4 is 10.1 Å². The largest absolute Gasteiger partial charge is 0.474 e. The van der Waals surface area contributed by atoms with Crippen molar-refractivity contribution in [3.05, 3.63) is 16.5 Å². The molecule has 1 aliphatic carbocycles. The molecule has 0 radical (unpaired) electrons. The lowest BCUT2D eigenvalue weighted by molar-refractivity contribution is -0.155. The lowest BCUT2D eigenvalue weighted by atomic mass is 9.85. The molecule has 1 aromatic rings. The quantitative estimate of drug-likeness (QED) is 0.383. The summed E-state index contributed by atoms with van der Waals surface area (Å²) in [6.45, 7) is 3.56. The molecule has 0 spiro atoms. The van der Waals surface area contributed by atoms with Gasteiger partial charge in [0.2, 0.25) is 5.91 Å². The molecule has 192 valence electrons. The molecule has 1 saturated carbocycles. The summed E-state index contributed by atoms with van der Waals surface area (Å²) in [7, 11) is 1.54. The van der Waals surface area contributed by atoms with Crippen molar-refractivity contribution in [1.29, 1.82) is 0 Å². The van der Waals surface area contributed by atoms with Gasteiger partial charge in [-0.15, -0.1) is 0 Å². The number of methoxy groups -OCH3 is 1. The Hall–Kier alpha value is -1.43. The van der Waals surface area contributed by atoms with E-state index in [4.69, 9.17) is 30.9 Å². The van der Waals surface area contributed by atoms with E-state index in [9.17, 15) is 9.59 Å². The fourth-order valence-corrected chi connectivity index (χ4v) is 5.46. The molecule has 11 heteroatoms. The molecule has 1 unspecified atom stereocenters. The SMILES string of the molecule is COCC1C(=O)N(CC2CCC(NCCOCCO)CC2)CCN1C(=O)COc1ccc(Cl)s1. The van der Waals surface area contributed by atoms with Crippen molar-refractivity contribution >= 4 is 34.8 Å². The number of carbonyl (C=O) groups excluding carboxylic acids is 2. The second-order valence-electron chi connectivity index (χ2n) is 8.70. The summed E-state index contributed by atoms with van der Waals surface area (Å²) < 4.78 is 16.7. The molecule has 9 nitrogen and oxygen atoms in total. The summed E-state index contributed by atoms with van der Waals surface area (Å²) >= 11 is 7.18. The van der Waals surface area contributed by atoms with Crippen LogP contribution in [0, 0.1) is 5.92 Å². The first-order valence-electron chi connectivity index (χ1n) is 11.9. The number of halogens is 1. The molecular formula is C23H36ClN3O6S. The summed E-state index contributed by atoms with van der Waals surface area (Å²) in [6, 6.07) is 3.29. The first-order valence-corrected chi connectivity index (χ1v) is 13.1. The number of carbonyl (C=O) groups is 2. The van der Waals surface area contributed by atoms with E-state index in [0.717, 1.165) is 38.8 Å². The molecule has 1 aliphatic heterocycles. The van der Waals surface area contributed by atoms with Crippen LogP contribution in [-0.4, -0.2) is 105 Å². The minimum atomic E-state index is -0.626. The maximum absolute atomic E-state index is 13.2. The zero-order valence-electron chi connectivity index (χ0n) is 19.7. The van der Waals surface area contributed by atoms with E-state index in [0.29, 0.717) is 47.7 Å². The zero-order valence-corrected chi connectivity index (χ0v) is 21.3. The average molecular weight is 518 g/mol. The number of hydrogen-bond acceptors (Lipinski definition) is 8. The number of thiophene rings is 1. The molecule has 1 saturated heterocycles. The number of amides is 2. The van der Waals surface area contributed by atoms with Gasteiger partial charge in [-0.05, 0) is 43.7 Å². The highest BCUT2D eigenvalue weighted by atomic mass is 35.5. The van der Waals surface area contributed by atoms with Crippen LogP contribution in [0.4, 0.5) is 0 Å². The van der Waals surface area contributed by atoms with Crippen LogP contribution in [0.5, 0.6) is 5.06 Å². The fourth-order valence-electron chi connectivity index (χ4n) is 4.59. The molecule has 2 heterocycles. The molecule has 2 fully saturated rings. The first-order chi connectivity index (χ1) is 16.5. The van der Waals surface area contributed by atoms with Gasteiger partial charge in [0.15, 0.2) is 11.7 Å². The van der Waals surface area contributed by atoms with Gasteiger partial charge in [0.1, 0.15) is 6.04 Å². The highest BCUT2D eigenvalue weighted by Crippen LogP contribution is 2.29. The maximum atomic E-state index is 13.2. The molecular weight excluding hydrogens is 482 g/mol. The van der Waals surface area contributed by atoms with Crippen molar-refractivity contribution in [2.24, 2.45) is 5.92 Å². The van der Waals surface area contributed by atoms with E-state index in [-0.39, 0.29) is 31.6 Å². The van der Waals surface area contributed by atoms with E-state index in [1.165, 1.54) is 11.3 Å². The predicted octanol–water partition coefficient (Wildman–Crippen LogP) is 1.62. The third-order valence-electron chi connectivity index (χ3n) is 6.36. The van der Waals surface area contributed by atoms with Crippen LogP contribution in [0.15, 0.2) is 12.1 Å². The van der Waals surface area contributed by atoms with Crippen LogP contribution in [0.25, 0.3) is 0 Å². The normalized spacial score (nSPS) is 23.4. The molecule has 2 amide bonds. The number of ether oxygens (including phenoxy) is 3. The highest BCUT2D eigenvalue weighted by molar-refractivity contribution is 7.17. The predicted molar refractivity (Wildman–Crippen MR) is 130 cm³/mol. The maximum Gasteiger partial charge on any atom is 0.261 e. The van der Waals surface area contributed by atoms with Crippen molar-refractivity contribution < 1.29 is 28.9 Å². The van der Waals surface area contributed by atoms with Gasteiger partial charge in [0.25, 0.3) is 5.91 Å². The average Bonchev–Trinajstić information content (AvgIpc) is 3.26. The fraction of sp³-hybridized carbons (Fsp3) is 0.739. The van der Waals surface area contributed by atoms with Gasteiger partial charge < -0.3 is 34.4 Å². The lowest BCUT2D eigenvalue weighted by Crippen LogP contribution is -2.61. The van der Waals surface area contributed by atoms with Crippen LogP contribution in [0.3, 0.4) is 0 Å². The second kappa shape index (κ2) is 14.2. The molecule has 0 bridgehead atoms. The highest BCUT2D eigenvalue weighted by Gasteiger charge is 2.38. The molecule has 1 atom stereocenters. The van der Waals surface area contributed by atoms with Crippen molar-refractivity contribution in [3.8, 4) is 5.06 Å². The van der Waals surface area contributed by atoms with E-state index >= 15 is 0 Å². The monoisotopic (exact) mass is 517 g/mol. The molecule has 2 N–H and O–H groups in total. The summed E-state index contributed by atoms with van der Waals surface area (Å²) in [4.78, 5) is 29.5. The number of nitrogens with zero attached hydrogens (tertiary/aromatic N) is 2. The first kappa shape index (κ1) is 27.2. The van der Waals surface area contributed by atoms with Crippen molar-refractivity contribution in [1.82, 2.24) is 15.1 Å². The molecule has 1 aromatic heterocycles. The minimum Gasteiger partial charge on any atom is -0.474 e. The van der Waals surface area contributed by atoms with Gasteiger partial charge in [-0.3, -0.25) is 9.59 Å². The van der Waals surface area contributed by atoms with Gasteiger partial charge in [-0.1, -0.05) is 22.9 Å². The Morgan fingerprint density at radius 1 is 1.24 bits per heavy atom. The number of nitrogens with one attached hydrogen (secondary N) is 1. The van der Waals surface area contributed by atoms with Gasteiger partial charge in [0, 0.05) is 39.3 Å². The Kier molecular flexibility index (Phi) is 11.4. The molecule has 3 rings (SSSR count). The molecule has 34 heavy (non-hydrogen) atoms. The van der Waals surface area contributed by atoms with Crippen LogP contribution in [-0.2, 0) is 19.1 Å². The lowest BCUT2D eigenvalue weighted by Gasteiger charge is -2.42. The Bertz CT molecular complexity index is 774. The standard InChI is InChI=1S/C23H36ClN3O6S/c1-31-15-19-23(30)26(9-10-27(19)21(29)16-33-22-7-6-20(24)34-22)14-17-2-4-18(5-3-17)25-8-12-32-13-11-28/h6-7,17-19,25,28H,2-5,8-16H2,1H3. The third-order valence-corrected chi connectivity index (χ3v) is 7.50. The Morgan fingerprint density at radius 3 is 2.71 bits per heavy atom. The van der Waals surface area contributed by atoms with E-state index in [2.05, 4.69) is 5.32 Å². The summed E-state index contributed by atoms with van der Waals surface area (Å²) in [5.41, 5.74) is 0. The van der Waals surface area contributed by atoms with Gasteiger partial charge in [0.05, 0.1) is 30.8 Å². The van der Waals surface area contributed by atoms with Gasteiger partial charge in [-0.25, -0.2) is 0 Å². The number of rotatable bonds is 13. The Labute approximate surface area is 210 Å². The Morgan fingerprint density at radius 2 is 2.03 bits per heavy atom. The number of piperazine rings is 1. The minimum absolute atomic E-state index is 0.0513. The van der Waals surface area contributed by atoms with Crippen molar-refractivity contribution in [2.75, 3.05) is 66.3 Å². The number of aliphatic hydroxyl groups excluding tert-OH is 1.